The number of amides is 1. The molecule has 0 radical (unpaired) electrons. The fourth-order valence-electron chi connectivity index (χ4n) is 2.86. The van der Waals surface area contributed by atoms with E-state index in [0.29, 0.717) is 0 Å². The number of rotatable bonds is 8. The van der Waals surface area contributed by atoms with E-state index < -0.39 is 30.5 Å². The van der Waals surface area contributed by atoms with E-state index in [1.807, 2.05) is 0 Å². The van der Waals surface area contributed by atoms with Crippen molar-refractivity contribution in [3.63, 3.8) is 0 Å². The number of likely N-dealkylation sites (tertiary alicyclic amines) is 1. The topological polar surface area (TPSA) is 158 Å². The molecule has 1 amide bonds. The molecular weight excluding hydrogens is 371 g/mol. The maximum atomic E-state index is 12.1. The first kappa shape index (κ1) is 19.6. The number of carbonyl (C=O) groups is 2. The minimum Gasteiger partial charge on any atom is -0.507 e. The SMILES string of the molecule is O=C(O)c1c(OC2CN(C(=O)Cn3cncn3)C2)ccc(CCB(O)O)c1O. The van der Waals surface area contributed by atoms with Crippen LogP contribution in [0.2, 0.25) is 6.32 Å². The summed E-state index contributed by atoms with van der Waals surface area (Å²) in [6, 6.07) is 2.90. The van der Waals surface area contributed by atoms with Crippen LogP contribution in [0.3, 0.4) is 0 Å². The molecule has 0 unspecified atom stereocenters. The summed E-state index contributed by atoms with van der Waals surface area (Å²) in [5.41, 5.74) is -0.117. The van der Waals surface area contributed by atoms with Gasteiger partial charge in [0.25, 0.3) is 0 Å². The van der Waals surface area contributed by atoms with Crippen molar-refractivity contribution in [2.24, 2.45) is 0 Å². The number of nitrogens with zero attached hydrogens (tertiary/aromatic N) is 4. The van der Waals surface area contributed by atoms with Gasteiger partial charge in [0.1, 0.15) is 42.4 Å². The van der Waals surface area contributed by atoms with Gasteiger partial charge in [0.15, 0.2) is 0 Å². The van der Waals surface area contributed by atoms with E-state index in [-0.39, 0.29) is 49.6 Å². The largest absolute Gasteiger partial charge is 0.507 e. The summed E-state index contributed by atoms with van der Waals surface area (Å²) in [7, 11) is -1.56. The lowest BCUT2D eigenvalue weighted by Crippen LogP contribution is -2.57. The normalized spacial score (nSPS) is 13.9. The highest BCUT2D eigenvalue weighted by Gasteiger charge is 2.34. The summed E-state index contributed by atoms with van der Waals surface area (Å²) >= 11 is 0. The Morgan fingerprint density at radius 1 is 1.29 bits per heavy atom. The molecule has 0 saturated carbocycles. The van der Waals surface area contributed by atoms with Gasteiger partial charge in [0.2, 0.25) is 5.91 Å². The van der Waals surface area contributed by atoms with Crippen molar-refractivity contribution in [2.75, 3.05) is 13.1 Å². The average Bonchev–Trinajstić information content (AvgIpc) is 3.09. The van der Waals surface area contributed by atoms with Crippen molar-refractivity contribution >= 4 is 19.0 Å². The molecule has 3 rings (SSSR count). The van der Waals surface area contributed by atoms with E-state index in [4.69, 9.17) is 14.8 Å². The highest BCUT2D eigenvalue weighted by Crippen LogP contribution is 2.33. The first-order valence-corrected chi connectivity index (χ1v) is 8.56. The Balaban J connectivity index is 1.62. The van der Waals surface area contributed by atoms with Gasteiger partial charge in [-0.05, 0) is 24.4 Å². The van der Waals surface area contributed by atoms with Crippen molar-refractivity contribution in [1.29, 1.82) is 0 Å². The number of carbonyl (C=O) groups excluding carboxylic acids is 1. The molecule has 4 N–H and O–H groups in total. The molecule has 1 aliphatic rings. The molecule has 28 heavy (non-hydrogen) atoms. The Labute approximate surface area is 159 Å². The summed E-state index contributed by atoms with van der Waals surface area (Å²) in [6.07, 6.45) is 2.42. The molecular formula is C16H19BN4O7. The van der Waals surface area contributed by atoms with Gasteiger partial charge in [-0.15, -0.1) is 0 Å². The van der Waals surface area contributed by atoms with Crippen molar-refractivity contribution in [3.8, 4) is 11.5 Å². The van der Waals surface area contributed by atoms with E-state index in [9.17, 15) is 19.8 Å². The standard InChI is InChI=1S/C16H19BN4O7/c22-13(7-21-9-18-8-19-21)20-5-11(6-20)28-12-2-1-10(3-4-17(26)27)15(23)14(12)16(24)25/h1-2,8-9,11,23,26-27H,3-7H2,(H,24,25). The number of aromatic hydroxyl groups is 1. The summed E-state index contributed by atoms with van der Waals surface area (Å²) < 4.78 is 7.05. The number of hydrogen-bond donors (Lipinski definition) is 4. The van der Waals surface area contributed by atoms with Crippen LogP contribution in [0.15, 0.2) is 24.8 Å². The summed E-state index contributed by atoms with van der Waals surface area (Å²) in [6.45, 7) is 0.622. The zero-order valence-electron chi connectivity index (χ0n) is 14.8. The van der Waals surface area contributed by atoms with Crippen LogP contribution in [0.25, 0.3) is 0 Å². The lowest BCUT2D eigenvalue weighted by Gasteiger charge is -2.39. The number of aromatic carboxylic acids is 1. The maximum Gasteiger partial charge on any atom is 0.451 e. The number of ether oxygens (including phenoxy) is 1. The lowest BCUT2D eigenvalue weighted by molar-refractivity contribution is -0.140. The molecule has 0 spiro atoms. The molecule has 12 heteroatoms. The van der Waals surface area contributed by atoms with Gasteiger partial charge in [-0.1, -0.05) is 6.07 Å². The average molecular weight is 390 g/mol. The predicted octanol–water partition coefficient (Wildman–Crippen LogP) is -1.01. The second-order valence-corrected chi connectivity index (χ2v) is 6.40. The summed E-state index contributed by atoms with van der Waals surface area (Å²) in [4.78, 5) is 29.0. The summed E-state index contributed by atoms with van der Waals surface area (Å²) in [5, 5.41) is 41.4. The molecule has 0 bridgehead atoms. The van der Waals surface area contributed by atoms with Gasteiger partial charge in [-0.25, -0.2) is 14.5 Å². The third-order valence-electron chi connectivity index (χ3n) is 4.37. The van der Waals surface area contributed by atoms with Crippen molar-refractivity contribution in [1.82, 2.24) is 19.7 Å². The predicted molar refractivity (Wildman–Crippen MR) is 94.8 cm³/mol. The Bertz CT molecular complexity index is 853. The Kier molecular flexibility index (Phi) is 5.80. The molecule has 11 nitrogen and oxygen atoms in total. The molecule has 148 valence electrons. The van der Waals surface area contributed by atoms with Gasteiger partial charge in [-0.2, -0.15) is 5.10 Å². The number of hydrogen-bond acceptors (Lipinski definition) is 8. The van der Waals surface area contributed by atoms with Gasteiger partial charge in [-0.3, -0.25) is 4.79 Å². The fraction of sp³-hybridized carbons (Fsp3) is 0.375. The van der Waals surface area contributed by atoms with E-state index in [1.165, 1.54) is 29.5 Å². The first-order chi connectivity index (χ1) is 13.3. The monoisotopic (exact) mass is 390 g/mol. The van der Waals surface area contributed by atoms with Crippen molar-refractivity contribution in [2.45, 2.75) is 25.4 Å². The van der Waals surface area contributed by atoms with Crippen LogP contribution in [0, 0.1) is 0 Å². The second kappa shape index (κ2) is 8.27. The van der Waals surface area contributed by atoms with Gasteiger partial charge in [0, 0.05) is 0 Å². The molecule has 0 aliphatic carbocycles. The second-order valence-electron chi connectivity index (χ2n) is 6.40. The molecule has 1 fully saturated rings. The van der Waals surface area contributed by atoms with Crippen LogP contribution in [-0.4, -0.2) is 78.1 Å². The first-order valence-electron chi connectivity index (χ1n) is 8.56. The van der Waals surface area contributed by atoms with Crippen LogP contribution in [-0.2, 0) is 17.8 Å². The molecule has 2 aromatic rings. The van der Waals surface area contributed by atoms with E-state index in [2.05, 4.69) is 10.1 Å². The zero-order chi connectivity index (χ0) is 20.3. The fourth-order valence-corrected chi connectivity index (χ4v) is 2.86. The van der Waals surface area contributed by atoms with Crippen LogP contribution >= 0.6 is 0 Å². The van der Waals surface area contributed by atoms with Gasteiger partial charge < -0.3 is 29.9 Å². The van der Waals surface area contributed by atoms with Crippen molar-refractivity contribution < 1.29 is 34.6 Å². The smallest absolute Gasteiger partial charge is 0.451 e. The highest BCUT2D eigenvalue weighted by atomic mass is 16.5. The highest BCUT2D eigenvalue weighted by molar-refractivity contribution is 6.41. The van der Waals surface area contributed by atoms with Crippen LogP contribution in [0.4, 0.5) is 0 Å². The van der Waals surface area contributed by atoms with Crippen LogP contribution in [0.5, 0.6) is 11.5 Å². The molecule has 1 saturated heterocycles. The Morgan fingerprint density at radius 2 is 2.04 bits per heavy atom. The Morgan fingerprint density at radius 3 is 2.64 bits per heavy atom. The zero-order valence-corrected chi connectivity index (χ0v) is 14.8. The lowest BCUT2D eigenvalue weighted by atomic mass is 9.82. The number of aromatic nitrogens is 3. The number of benzene rings is 1. The van der Waals surface area contributed by atoms with Crippen LogP contribution in [0.1, 0.15) is 15.9 Å². The quantitative estimate of drug-likeness (QED) is 0.414. The molecule has 0 atom stereocenters. The molecule has 2 heterocycles. The maximum absolute atomic E-state index is 12.1. The molecule has 1 aromatic carbocycles. The molecule has 1 aliphatic heterocycles. The number of aryl methyl sites for hydroxylation is 1. The minimum atomic E-state index is -1.56. The van der Waals surface area contributed by atoms with Gasteiger partial charge in [0.05, 0.1) is 13.1 Å². The number of phenols is 1. The van der Waals surface area contributed by atoms with E-state index in [1.54, 1.807) is 4.90 Å². The number of carboxylic acids is 1. The third-order valence-corrected chi connectivity index (χ3v) is 4.37. The van der Waals surface area contributed by atoms with Gasteiger partial charge >= 0.3 is 13.1 Å². The molecule has 1 aromatic heterocycles. The Hall–Kier alpha value is -3.12. The van der Waals surface area contributed by atoms with Crippen molar-refractivity contribution in [3.05, 3.63) is 35.9 Å². The number of carboxylic acid groups (broad SMARTS) is 1. The van der Waals surface area contributed by atoms with Crippen LogP contribution < -0.4 is 4.74 Å². The minimum absolute atomic E-state index is 0.00771. The van der Waals surface area contributed by atoms with E-state index in [0.717, 1.165) is 0 Å². The van der Waals surface area contributed by atoms with E-state index >= 15 is 0 Å². The summed E-state index contributed by atoms with van der Waals surface area (Å²) in [5.74, 6) is -2.00. The third kappa shape index (κ3) is 4.40.